The number of nitrogens with zero attached hydrogens (tertiary/aromatic N) is 4. The molecule has 2 aromatic heterocycles. The molecule has 9 heteroatoms. The number of anilines is 3. The number of aromatic nitrogens is 3. The zero-order valence-electron chi connectivity index (χ0n) is 18.0. The Kier molecular flexibility index (Phi) is 6.80. The van der Waals surface area contributed by atoms with Crippen LogP contribution < -0.4 is 16.0 Å². The van der Waals surface area contributed by atoms with Gasteiger partial charge in [-0.1, -0.05) is 19.3 Å². The molecule has 1 aliphatic heterocycles. The largest absolute Gasteiger partial charge is 0.364 e. The Morgan fingerprint density at radius 1 is 1.23 bits per heavy atom. The first kappa shape index (κ1) is 21.7. The zero-order valence-corrected chi connectivity index (χ0v) is 18.8. The average molecular weight is 443 g/mol. The van der Waals surface area contributed by atoms with Crippen LogP contribution in [-0.2, 0) is 4.79 Å². The predicted octanol–water partition coefficient (Wildman–Crippen LogP) is 3.84. The fourth-order valence-corrected chi connectivity index (χ4v) is 5.31. The van der Waals surface area contributed by atoms with E-state index in [-0.39, 0.29) is 11.6 Å². The Hall–Kier alpha value is -2.55. The lowest BCUT2D eigenvalue weighted by Gasteiger charge is -2.34. The molecule has 0 aromatic carbocycles. The van der Waals surface area contributed by atoms with Gasteiger partial charge in [0.15, 0.2) is 11.5 Å². The molecule has 8 nitrogen and oxygen atoms in total. The van der Waals surface area contributed by atoms with E-state index in [1.807, 2.05) is 13.0 Å². The second-order valence-corrected chi connectivity index (χ2v) is 9.51. The molecule has 1 amide bonds. The van der Waals surface area contributed by atoms with E-state index in [9.17, 15) is 9.59 Å². The number of nitrogens with two attached hydrogens (primary N) is 1. The van der Waals surface area contributed by atoms with Crippen LogP contribution in [0.5, 0.6) is 0 Å². The topological polar surface area (TPSA) is 114 Å². The first-order valence-corrected chi connectivity index (χ1v) is 11.9. The number of carbonyl (C=O) groups is 2. The van der Waals surface area contributed by atoms with Gasteiger partial charge in [-0.3, -0.25) is 9.59 Å². The molecule has 1 aliphatic carbocycles. The summed E-state index contributed by atoms with van der Waals surface area (Å²) in [6.45, 7) is 3.54. The number of piperidine rings is 1. The van der Waals surface area contributed by atoms with Crippen molar-refractivity contribution < 1.29 is 9.59 Å². The molecule has 2 fully saturated rings. The van der Waals surface area contributed by atoms with Crippen molar-refractivity contribution in [1.82, 2.24) is 14.3 Å². The van der Waals surface area contributed by atoms with E-state index in [1.54, 1.807) is 6.20 Å². The highest BCUT2D eigenvalue weighted by molar-refractivity contribution is 7.10. The van der Waals surface area contributed by atoms with Crippen LogP contribution in [0.15, 0.2) is 12.3 Å². The van der Waals surface area contributed by atoms with Crippen LogP contribution in [-0.4, -0.2) is 39.1 Å². The van der Waals surface area contributed by atoms with Crippen molar-refractivity contribution in [3.05, 3.63) is 23.7 Å². The summed E-state index contributed by atoms with van der Waals surface area (Å²) >= 11 is 1.29. The number of Topliss-reactive ketones (excluding diaryl/α,β-unsaturated/α-hetero) is 1. The number of amides is 1. The van der Waals surface area contributed by atoms with Gasteiger partial charge in [-0.25, -0.2) is 9.97 Å². The predicted molar refractivity (Wildman–Crippen MR) is 122 cm³/mol. The first-order valence-electron chi connectivity index (χ1n) is 11.1. The first-order chi connectivity index (χ1) is 15.0. The summed E-state index contributed by atoms with van der Waals surface area (Å²) in [6.07, 6.45) is 10.1. The molecule has 1 atom stereocenters. The number of hydrogen-bond acceptors (Lipinski definition) is 8. The van der Waals surface area contributed by atoms with Crippen molar-refractivity contribution in [3.8, 4) is 0 Å². The molecular weight excluding hydrogens is 412 g/mol. The van der Waals surface area contributed by atoms with Crippen LogP contribution in [0.2, 0.25) is 0 Å². The summed E-state index contributed by atoms with van der Waals surface area (Å²) in [6, 6.07) is 1.89. The van der Waals surface area contributed by atoms with Gasteiger partial charge in [0.05, 0.1) is 11.9 Å². The highest BCUT2D eigenvalue weighted by atomic mass is 32.1. The Bertz CT molecular complexity index is 940. The van der Waals surface area contributed by atoms with Gasteiger partial charge in [-0.2, -0.15) is 4.37 Å². The average Bonchev–Trinajstić information content (AvgIpc) is 3.19. The van der Waals surface area contributed by atoms with Crippen molar-refractivity contribution in [2.24, 2.45) is 17.6 Å². The summed E-state index contributed by atoms with van der Waals surface area (Å²) in [5.74, 6) is 1.44. The number of ketones is 1. The van der Waals surface area contributed by atoms with Crippen LogP contribution in [0.4, 0.5) is 16.6 Å². The van der Waals surface area contributed by atoms with Gasteiger partial charge >= 0.3 is 0 Å². The molecule has 2 aliphatic rings. The molecule has 3 N–H and O–H groups in total. The van der Waals surface area contributed by atoms with E-state index in [0.717, 1.165) is 49.5 Å². The summed E-state index contributed by atoms with van der Waals surface area (Å²) < 4.78 is 4.25. The standard InChI is InChI=1S/C22H30N6O2S/c1-14-10-19(31-27-14)26-22-20(21(23)30)24-12-18(25-22)28-9-5-6-15(13-28)11-17(29)16-7-3-2-4-8-16/h10,12,15-16H,2-9,11,13H2,1H3,(H2,23,30)(H,25,26)/t15-/m0/s1. The normalized spacial score (nSPS) is 19.9. The zero-order chi connectivity index (χ0) is 21.8. The number of carbonyl (C=O) groups excluding carboxylic acids is 2. The van der Waals surface area contributed by atoms with Gasteiger partial charge in [0.25, 0.3) is 5.91 Å². The molecule has 0 unspecified atom stereocenters. The maximum absolute atomic E-state index is 12.8. The van der Waals surface area contributed by atoms with Crippen molar-refractivity contribution in [3.63, 3.8) is 0 Å². The van der Waals surface area contributed by atoms with Crippen molar-refractivity contribution >= 4 is 39.9 Å². The highest BCUT2D eigenvalue weighted by Gasteiger charge is 2.28. The number of aryl methyl sites for hydroxylation is 1. The fraction of sp³-hybridized carbons (Fsp3) is 0.591. The molecular formula is C22H30N6O2S. The van der Waals surface area contributed by atoms with Crippen molar-refractivity contribution in [1.29, 1.82) is 0 Å². The molecule has 0 bridgehead atoms. The minimum atomic E-state index is -0.627. The second kappa shape index (κ2) is 9.72. The molecule has 1 saturated heterocycles. The lowest BCUT2D eigenvalue weighted by molar-refractivity contribution is -0.124. The second-order valence-electron chi connectivity index (χ2n) is 8.71. The summed E-state index contributed by atoms with van der Waals surface area (Å²) in [5, 5.41) is 3.92. The van der Waals surface area contributed by atoms with E-state index in [4.69, 9.17) is 5.73 Å². The smallest absolute Gasteiger partial charge is 0.271 e. The van der Waals surface area contributed by atoms with E-state index in [1.165, 1.54) is 30.8 Å². The van der Waals surface area contributed by atoms with Gasteiger partial charge in [-0.15, -0.1) is 0 Å². The third-order valence-electron chi connectivity index (χ3n) is 6.26. The molecule has 166 valence electrons. The molecule has 0 radical (unpaired) electrons. The molecule has 3 heterocycles. The summed E-state index contributed by atoms with van der Waals surface area (Å²) in [5.41, 5.74) is 6.50. The Balaban J connectivity index is 1.46. The van der Waals surface area contributed by atoms with Gasteiger partial charge in [0.1, 0.15) is 16.6 Å². The van der Waals surface area contributed by atoms with E-state index in [2.05, 4.69) is 24.6 Å². The van der Waals surface area contributed by atoms with E-state index in [0.29, 0.717) is 29.8 Å². The SMILES string of the molecule is Cc1cc(Nc2nc(N3CCC[C@@H](CC(=O)C4CCCCC4)C3)cnc2C(N)=O)sn1. The lowest BCUT2D eigenvalue weighted by Crippen LogP contribution is -2.37. The molecule has 2 aromatic rings. The Labute approximate surface area is 186 Å². The van der Waals surface area contributed by atoms with Gasteiger partial charge in [0.2, 0.25) is 0 Å². The maximum Gasteiger partial charge on any atom is 0.271 e. The van der Waals surface area contributed by atoms with Gasteiger partial charge < -0.3 is 16.0 Å². The minimum absolute atomic E-state index is 0.107. The molecule has 1 saturated carbocycles. The third kappa shape index (κ3) is 5.39. The van der Waals surface area contributed by atoms with Crippen molar-refractivity contribution in [2.45, 2.75) is 58.3 Å². The Morgan fingerprint density at radius 2 is 2.03 bits per heavy atom. The number of hydrogen-bond donors (Lipinski definition) is 2. The Morgan fingerprint density at radius 3 is 2.74 bits per heavy atom. The van der Waals surface area contributed by atoms with Gasteiger partial charge in [0, 0.05) is 25.4 Å². The van der Waals surface area contributed by atoms with E-state index >= 15 is 0 Å². The molecule has 0 spiro atoms. The third-order valence-corrected chi connectivity index (χ3v) is 7.05. The van der Waals surface area contributed by atoms with Crippen LogP contribution in [0.3, 0.4) is 0 Å². The summed E-state index contributed by atoms with van der Waals surface area (Å²) in [7, 11) is 0. The summed E-state index contributed by atoms with van der Waals surface area (Å²) in [4.78, 5) is 35.8. The van der Waals surface area contributed by atoms with E-state index < -0.39 is 5.91 Å². The minimum Gasteiger partial charge on any atom is -0.364 e. The molecule has 31 heavy (non-hydrogen) atoms. The number of rotatable bonds is 7. The monoisotopic (exact) mass is 442 g/mol. The van der Waals surface area contributed by atoms with Gasteiger partial charge in [-0.05, 0) is 56.1 Å². The van der Waals surface area contributed by atoms with Crippen LogP contribution in [0, 0.1) is 18.8 Å². The van der Waals surface area contributed by atoms with Crippen molar-refractivity contribution in [2.75, 3.05) is 23.3 Å². The van der Waals surface area contributed by atoms with Crippen LogP contribution in [0.25, 0.3) is 0 Å². The fourth-order valence-electron chi connectivity index (χ4n) is 4.65. The highest BCUT2D eigenvalue weighted by Crippen LogP contribution is 2.30. The number of nitrogens with one attached hydrogen (secondary N) is 1. The number of primary amides is 1. The van der Waals surface area contributed by atoms with Crippen LogP contribution in [0.1, 0.15) is 67.5 Å². The maximum atomic E-state index is 12.8. The molecule has 4 rings (SSSR count). The lowest BCUT2D eigenvalue weighted by atomic mass is 9.81. The van der Waals surface area contributed by atoms with Crippen LogP contribution >= 0.6 is 11.5 Å². The quantitative estimate of drug-likeness (QED) is 0.669.